The molecule has 0 spiro atoms. The molecule has 1 atom stereocenters. The molecule has 1 saturated heterocycles. The minimum Gasteiger partial charge on any atom is -0.481 e. The summed E-state index contributed by atoms with van der Waals surface area (Å²) in [4.78, 5) is 4.57. The van der Waals surface area contributed by atoms with Crippen LogP contribution in [0.2, 0.25) is 0 Å². The number of rotatable bonds is 4. The molecule has 5 nitrogen and oxygen atoms in total. The number of hydrogen-bond acceptors (Lipinski definition) is 4. The molecule has 1 aliphatic rings. The number of benzene rings is 1. The van der Waals surface area contributed by atoms with Crippen molar-refractivity contribution in [3.8, 4) is 5.88 Å². The van der Waals surface area contributed by atoms with Crippen LogP contribution in [-0.4, -0.2) is 31.4 Å². The zero-order chi connectivity index (χ0) is 17.2. The fraction of sp³-hybridized carbons (Fsp3) is 0.389. The van der Waals surface area contributed by atoms with Crippen LogP contribution in [0.3, 0.4) is 0 Å². The van der Waals surface area contributed by atoms with Gasteiger partial charge in [-0.25, -0.2) is 13.4 Å². The fourth-order valence-corrected chi connectivity index (χ4v) is 4.85. The van der Waals surface area contributed by atoms with Gasteiger partial charge in [0.2, 0.25) is 15.9 Å². The number of pyridine rings is 1. The van der Waals surface area contributed by atoms with Crippen LogP contribution in [0.4, 0.5) is 0 Å². The van der Waals surface area contributed by atoms with Crippen LogP contribution in [0, 0.1) is 6.92 Å². The van der Waals surface area contributed by atoms with Crippen molar-refractivity contribution >= 4 is 10.0 Å². The average Bonchev–Trinajstić information content (AvgIpc) is 2.62. The second kappa shape index (κ2) is 6.91. The van der Waals surface area contributed by atoms with Gasteiger partial charge < -0.3 is 4.74 Å². The number of sulfonamides is 1. The SMILES string of the molecule is COc1ncccc1[C@H]1CCCCN1S(=O)(=O)c1ccc(C)cc1. The van der Waals surface area contributed by atoms with E-state index in [4.69, 9.17) is 4.74 Å². The standard InChI is InChI=1S/C18H22N2O3S/c1-14-8-10-15(11-9-14)24(21,22)20-13-4-3-7-17(20)16-6-5-12-19-18(16)23-2/h5-6,8-12,17H,3-4,7,13H2,1-2H3/t17-/m1/s1. The average molecular weight is 346 g/mol. The molecule has 0 N–H and O–H groups in total. The molecular weight excluding hydrogens is 324 g/mol. The van der Waals surface area contributed by atoms with E-state index in [1.165, 1.54) is 0 Å². The Morgan fingerprint density at radius 3 is 2.62 bits per heavy atom. The predicted molar refractivity (Wildman–Crippen MR) is 92.5 cm³/mol. The highest BCUT2D eigenvalue weighted by Crippen LogP contribution is 2.38. The second-order valence-electron chi connectivity index (χ2n) is 6.04. The predicted octanol–water partition coefficient (Wildman–Crippen LogP) is 3.31. The molecule has 1 aromatic carbocycles. The lowest BCUT2D eigenvalue weighted by Crippen LogP contribution is -2.38. The number of nitrogens with zero attached hydrogens (tertiary/aromatic N) is 2. The van der Waals surface area contributed by atoms with E-state index in [0.717, 1.165) is 30.4 Å². The van der Waals surface area contributed by atoms with E-state index in [9.17, 15) is 8.42 Å². The molecular formula is C18H22N2O3S. The number of ether oxygens (including phenoxy) is 1. The fourth-order valence-electron chi connectivity index (χ4n) is 3.18. The maximum atomic E-state index is 13.1. The smallest absolute Gasteiger partial charge is 0.243 e. The lowest BCUT2D eigenvalue weighted by Gasteiger charge is -2.35. The van der Waals surface area contributed by atoms with Crippen LogP contribution in [0.15, 0.2) is 47.5 Å². The quantitative estimate of drug-likeness (QED) is 0.852. The van der Waals surface area contributed by atoms with E-state index >= 15 is 0 Å². The van der Waals surface area contributed by atoms with Crippen LogP contribution < -0.4 is 4.74 Å². The third-order valence-electron chi connectivity index (χ3n) is 4.43. The summed E-state index contributed by atoms with van der Waals surface area (Å²) < 4.78 is 33.2. The molecule has 1 aliphatic heterocycles. The molecule has 0 bridgehead atoms. The van der Waals surface area contributed by atoms with Crippen LogP contribution in [0.5, 0.6) is 5.88 Å². The van der Waals surface area contributed by atoms with E-state index in [-0.39, 0.29) is 6.04 Å². The Morgan fingerprint density at radius 1 is 1.17 bits per heavy atom. The van der Waals surface area contributed by atoms with Crippen LogP contribution >= 0.6 is 0 Å². The second-order valence-corrected chi connectivity index (χ2v) is 7.93. The summed E-state index contributed by atoms with van der Waals surface area (Å²) in [6.45, 7) is 2.46. The zero-order valence-corrected chi connectivity index (χ0v) is 14.8. The Kier molecular flexibility index (Phi) is 4.87. The molecule has 0 aliphatic carbocycles. The first-order valence-electron chi connectivity index (χ1n) is 8.11. The molecule has 2 aromatic rings. The number of aromatic nitrogens is 1. The van der Waals surface area contributed by atoms with Crippen molar-refractivity contribution in [1.29, 1.82) is 0 Å². The molecule has 0 amide bonds. The van der Waals surface area contributed by atoms with E-state index in [1.807, 2.05) is 31.2 Å². The maximum Gasteiger partial charge on any atom is 0.243 e. The molecule has 1 fully saturated rings. The summed E-state index contributed by atoms with van der Waals surface area (Å²) in [6, 6.07) is 10.5. The Morgan fingerprint density at radius 2 is 1.92 bits per heavy atom. The minimum atomic E-state index is -3.55. The molecule has 0 unspecified atom stereocenters. The largest absolute Gasteiger partial charge is 0.481 e. The van der Waals surface area contributed by atoms with Crippen LogP contribution in [0.25, 0.3) is 0 Å². The Bertz CT molecular complexity index is 803. The summed E-state index contributed by atoms with van der Waals surface area (Å²) in [5, 5.41) is 0. The molecule has 0 saturated carbocycles. The molecule has 2 heterocycles. The first-order valence-corrected chi connectivity index (χ1v) is 9.55. The highest BCUT2D eigenvalue weighted by molar-refractivity contribution is 7.89. The van der Waals surface area contributed by atoms with Crippen molar-refractivity contribution in [3.63, 3.8) is 0 Å². The van der Waals surface area contributed by atoms with Gasteiger partial charge in [-0.2, -0.15) is 4.31 Å². The van der Waals surface area contributed by atoms with E-state index < -0.39 is 10.0 Å². The summed E-state index contributed by atoms with van der Waals surface area (Å²) in [5.41, 5.74) is 1.87. The van der Waals surface area contributed by atoms with Crippen molar-refractivity contribution in [2.45, 2.75) is 37.1 Å². The molecule has 24 heavy (non-hydrogen) atoms. The highest BCUT2D eigenvalue weighted by atomic mass is 32.2. The lowest BCUT2D eigenvalue weighted by atomic mass is 9.98. The lowest BCUT2D eigenvalue weighted by molar-refractivity contribution is 0.248. The van der Waals surface area contributed by atoms with Crippen molar-refractivity contribution in [3.05, 3.63) is 53.7 Å². The topological polar surface area (TPSA) is 59.5 Å². The summed E-state index contributed by atoms with van der Waals surface area (Å²) in [5.74, 6) is 0.494. The maximum absolute atomic E-state index is 13.1. The molecule has 6 heteroatoms. The zero-order valence-electron chi connectivity index (χ0n) is 14.0. The summed E-state index contributed by atoms with van der Waals surface area (Å²) >= 11 is 0. The van der Waals surface area contributed by atoms with E-state index in [0.29, 0.717) is 17.3 Å². The van der Waals surface area contributed by atoms with Gasteiger partial charge in [0, 0.05) is 18.3 Å². The van der Waals surface area contributed by atoms with Gasteiger partial charge in [0.05, 0.1) is 18.0 Å². The monoisotopic (exact) mass is 346 g/mol. The van der Waals surface area contributed by atoms with Crippen molar-refractivity contribution in [2.24, 2.45) is 0 Å². The molecule has 128 valence electrons. The number of aryl methyl sites for hydroxylation is 1. The third kappa shape index (κ3) is 3.16. The first kappa shape index (κ1) is 16.9. The number of hydrogen-bond donors (Lipinski definition) is 0. The van der Waals surface area contributed by atoms with Gasteiger partial charge in [-0.05, 0) is 38.0 Å². The molecule has 0 radical (unpaired) electrons. The van der Waals surface area contributed by atoms with Gasteiger partial charge in [-0.1, -0.05) is 30.2 Å². The first-order chi connectivity index (χ1) is 11.5. The van der Waals surface area contributed by atoms with Crippen LogP contribution in [0.1, 0.15) is 36.4 Å². The number of methoxy groups -OCH3 is 1. The number of piperidine rings is 1. The van der Waals surface area contributed by atoms with Gasteiger partial charge in [0.25, 0.3) is 0 Å². The Hall–Kier alpha value is -1.92. The Labute approximate surface area is 143 Å². The van der Waals surface area contributed by atoms with Crippen molar-refractivity contribution in [2.75, 3.05) is 13.7 Å². The molecule has 3 rings (SSSR count). The van der Waals surface area contributed by atoms with E-state index in [1.54, 1.807) is 29.7 Å². The van der Waals surface area contributed by atoms with Gasteiger partial charge in [0.15, 0.2) is 0 Å². The van der Waals surface area contributed by atoms with E-state index in [2.05, 4.69) is 4.98 Å². The van der Waals surface area contributed by atoms with Gasteiger partial charge in [-0.15, -0.1) is 0 Å². The van der Waals surface area contributed by atoms with Crippen molar-refractivity contribution in [1.82, 2.24) is 9.29 Å². The molecule has 1 aromatic heterocycles. The van der Waals surface area contributed by atoms with Gasteiger partial charge in [0.1, 0.15) is 0 Å². The van der Waals surface area contributed by atoms with Gasteiger partial charge >= 0.3 is 0 Å². The van der Waals surface area contributed by atoms with Crippen LogP contribution in [-0.2, 0) is 10.0 Å². The third-order valence-corrected chi connectivity index (χ3v) is 6.36. The van der Waals surface area contributed by atoms with Gasteiger partial charge in [-0.3, -0.25) is 0 Å². The normalized spacial score (nSPS) is 19.2. The van der Waals surface area contributed by atoms with Crippen molar-refractivity contribution < 1.29 is 13.2 Å². The minimum absolute atomic E-state index is 0.242. The summed E-state index contributed by atoms with van der Waals surface area (Å²) in [6.07, 6.45) is 4.28. The highest BCUT2D eigenvalue weighted by Gasteiger charge is 2.35. The Balaban J connectivity index is 2.02. The summed E-state index contributed by atoms with van der Waals surface area (Å²) in [7, 11) is -1.99.